The van der Waals surface area contributed by atoms with E-state index in [1.165, 1.54) is 16.2 Å². The number of halogens is 1. The van der Waals surface area contributed by atoms with Crippen molar-refractivity contribution in [1.29, 1.82) is 0 Å². The highest BCUT2D eigenvalue weighted by atomic mass is 35.5. The predicted molar refractivity (Wildman–Crippen MR) is 70.9 cm³/mol. The van der Waals surface area contributed by atoms with Crippen LogP contribution in [-0.4, -0.2) is 19.0 Å². The molecule has 94 valence electrons. The smallest absolute Gasteiger partial charge is 0.258 e. The van der Waals surface area contributed by atoms with Gasteiger partial charge in [-0.1, -0.05) is 0 Å². The highest BCUT2D eigenvalue weighted by molar-refractivity contribution is 6.20. The summed E-state index contributed by atoms with van der Waals surface area (Å²) in [5.41, 5.74) is 1.95. The van der Waals surface area contributed by atoms with E-state index >= 15 is 0 Å². The quantitative estimate of drug-likeness (QED) is 0.532. The van der Waals surface area contributed by atoms with Gasteiger partial charge in [-0.05, 0) is 24.3 Å². The van der Waals surface area contributed by atoms with E-state index in [0.717, 1.165) is 0 Å². The molecule has 0 fully saturated rings. The Morgan fingerprint density at radius 3 is 2.58 bits per heavy atom. The highest BCUT2D eigenvalue weighted by Gasteiger charge is 2.13. The summed E-state index contributed by atoms with van der Waals surface area (Å²) >= 11 is 6.15. The summed E-state index contributed by atoms with van der Waals surface area (Å²) in [6, 6.07) is 9.62. The molecule has 0 bridgehead atoms. The number of rotatable bonds is 2. The summed E-state index contributed by atoms with van der Waals surface area (Å²) in [7, 11) is 0. The molecule has 0 radical (unpaired) electrons. The lowest BCUT2D eigenvalue weighted by Gasteiger charge is -1.99. The Hall–Kier alpha value is -2.47. The predicted octanol–water partition coefficient (Wildman–Crippen LogP) is 3.01. The number of pyridine rings is 1. The van der Waals surface area contributed by atoms with Crippen molar-refractivity contribution in [3.8, 4) is 11.4 Å². The molecule has 2 aromatic heterocycles. The molecule has 3 rings (SSSR count). The van der Waals surface area contributed by atoms with Gasteiger partial charge < -0.3 is 0 Å². The molecule has 0 saturated heterocycles. The molecule has 0 aliphatic heterocycles. The van der Waals surface area contributed by atoms with Gasteiger partial charge in [0, 0.05) is 35.7 Å². The minimum atomic E-state index is -0.449. The zero-order valence-corrected chi connectivity index (χ0v) is 10.3. The maximum absolute atomic E-state index is 10.6. The Kier molecular flexibility index (Phi) is 2.64. The van der Waals surface area contributed by atoms with Crippen LogP contribution >= 0.6 is 11.8 Å². The van der Waals surface area contributed by atoms with Gasteiger partial charge in [-0.3, -0.25) is 10.1 Å². The van der Waals surface area contributed by atoms with E-state index in [-0.39, 0.29) is 5.69 Å². The van der Waals surface area contributed by atoms with Crippen LogP contribution < -0.4 is 0 Å². The molecule has 0 unspecified atom stereocenters. The molecule has 1 aromatic carbocycles. The van der Waals surface area contributed by atoms with Gasteiger partial charge in [0.25, 0.3) is 5.69 Å². The molecule has 6 nitrogen and oxygen atoms in total. The van der Waals surface area contributed by atoms with Gasteiger partial charge in [0.05, 0.1) is 4.92 Å². The fraction of sp³-hybridized carbons (Fsp3) is 0. The molecule has 0 saturated carbocycles. The van der Waals surface area contributed by atoms with Crippen molar-refractivity contribution >= 4 is 28.6 Å². The second-order valence-corrected chi connectivity index (χ2v) is 4.20. The van der Waals surface area contributed by atoms with Crippen molar-refractivity contribution in [3.05, 3.63) is 52.7 Å². The minimum Gasteiger partial charge on any atom is -0.258 e. The molecule has 7 heteroatoms. The summed E-state index contributed by atoms with van der Waals surface area (Å²) in [6.07, 6.45) is 1.63. The summed E-state index contributed by atoms with van der Waals surface area (Å²) < 4.78 is 1.34. The molecule has 0 spiro atoms. The second kappa shape index (κ2) is 4.33. The van der Waals surface area contributed by atoms with Crippen LogP contribution in [0.1, 0.15) is 0 Å². The third-order valence-electron chi connectivity index (χ3n) is 2.70. The average Bonchev–Trinajstić information content (AvgIpc) is 2.77. The Morgan fingerprint density at radius 2 is 1.95 bits per heavy atom. The van der Waals surface area contributed by atoms with Crippen molar-refractivity contribution < 1.29 is 4.92 Å². The zero-order chi connectivity index (χ0) is 13.4. The SMILES string of the molecule is O=[N+]([O-])c1ccc(-c2nc3cccnc3n2Cl)cc1. The number of imidazole rings is 1. The maximum atomic E-state index is 10.6. The van der Waals surface area contributed by atoms with Crippen LogP contribution in [0.15, 0.2) is 42.6 Å². The normalized spacial score (nSPS) is 10.8. The molecule has 19 heavy (non-hydrogen) atoms. The number of non-ortho nitro benzene ring substituents is 1. The van der Waals surface area contributed by atoms with E-state index in [1.54, 1.807) is 30.5 Å². The number of aromatic nitrogens is 3. The van der Waals surface area contributed by atoms with Crippen LogP contribution in [0.2, 0.25) is 0 Å². The lowest BCUT2D eigenvalue weighted by atomic mass is 10.2. The van der Waals surface area contributed by atoms with Gasteiger partial charge >= 0.3 is 0 Å². The standard InChI is InChI=1S/C12H7ClN4O2/c13-16-11(15-10-2-1-7-14-12(10)16)8-3-5-9(6-4-8)17(18)19/h1-7H. The number of fused-ring (bicyclic) bond motifs is 1. The Bertz CT molecular complexity index is 767. The van der Waals surface area contributed by atoms with Crippen molar-refractivity contribution in [2.24, 2.45) is 0 Å². The first-order chi connectivity index (χ1) is 9.16. The van der Waals surface area contributed by atoms with Gasteiger partial charge in [0.1, 0.15) is 5.52 Å². The van der Waals surface area contributed by atoms with Crippen LogP contribution in [0.5, 0.6) is 0 Å². The summed E-state index contributed by atoms with van der Waals surface area (Å²) in [4.78, 5) is 18.6. The monoisotopic (exact) mass is 274 g/mol. The molecule has 3 aromatic rings. The van der Waals surface area contributed by atoms with Gasteiger partial charge in [-0.15, -0.1) is 0 Å². The second-order valence-electron chi connectivity index (χ2n) is 3.87. The first kappa shape index (κ1) is 11.6. The topological polar surface area (TPSA) is 73.8 Å². The van der Waals surface area contributed by atoms with Crippen molar-refractivity contribution in [2.75, 3.05) is 0 Å². The highest BCUT2D eigenvalue weighted by Crippen LogP contribution is 2.26. The fourth-order valence-corrected chi connectivity index (χ4v) is 2.06. The van der Waals surface area contributed by atoms with E-state index in [0.29, 0.717) is 22.6 Å². The largest absolute Gasteiger partial charge is 0.269 e. The summed E-state index contributed by atoms with van der Waals surface area (Å²) in [5.74, 6) is 0.505. The van der Waals surface area contributed by atoms with Crippen LogP contribution in [0.25, 0.3) is 22.6 Å². The van der Waals surface area contributed by atoms with Gasteiger partial charge in [0.15, 0.2) is 11.5 Å². The number of hydrogen-bond acceptors (Lipinski definition) is 4. The zero-order valence-electron chi connectivity index (χ0n) is 9.52. The van der Waals surface area contributed by atoms with E-state index < -0.39 is 4.92 Å². The number of nitro benzene ring substituents is 1. The molecule has 0 aliphatic carbocycles. The molecule has 0 atom stereocenters. The summed E-state index contributed by atoms with van der Waals surface area (Å²) in [5, 5.41) is 10.6. The third kappa shape index (κ3) is 1.92. The minimum absolute atomic E-state index is 0.0270. The lowest BCUT2D eigenvalue weighted by molar-refractivity contribution is -0.384. The van der Waals surface area contributed by atoms with Crippen molar-refractivity contribution in [3.63, 3.8) is 0 Å². The van der Waals surface area contributed by atoms with Crippen molar-refractivity contribution in [2.45, 2.75) is 0 Å². The van der Waals surface area contributed by atoms with E-state index in [2.05, 4.69) is 9.97 Å². The third-order valence-corrected chi connectivity index (χ3v) is 3.02. The van der Waals surface area contributed by atoms with Crippen molar-refractivity contribution in [1.82, 2.24) is 14.1 Å². The molecule has 0 aliphatic rings. The number of nitro groups is 1. The number of nitrogens with zero attached hydrogens (tertiary/aromatic N) is 4. The molecule has 0 N–H and O–H groups in total. The van der Waals surface area contributed by atoms with Gasteiger partial charge in [-0.2, -0.15) is 0 Å². The lowest BCUT2D eigenvalue weighted by Crippen LogP contribution is -1.90. The number of benzene rings is 1. The van der Waals surface area contributed by atoms with Crippen LogP contribution in [-0.2, 0) is 0 Å². The number of hydrogen-bond donors (Lipinski definition) is 0. The first-order valence-electron chi connectivity index (χ1n) is 5.41. The maximum Gasteiger partial charge on any atom is 0.269 e. The Morgan fingerprint density at radius 1 is 1.21 bits per heavy atom. The summed E-state index contributed by atoms with van der Waals surface area (Å²) in [6.45, 7) is 0. The Balaban J connectivity index is 2.13. The molecule has 2 heterocycles. The van der Waals surface area contributed by atoms with E-state index in [1.807, 2.05) is 0 Å². The first-order valence-corrected chi connectivity index (χ1v) is 5.75. The van der Waals surface area contributed by atoms with Crippen LogP contribution in [0.4, 0.5) is 5.69 Å². The molecular formula is C12H7ClN4O2. The fourth-order valence-electron chi connectivity index (χ4n) is 1.80. The van der Waals surface area contributed by atoms with E-state index in [4.69, 9.17) is 11.8 Å². The van der Waals surface area contributed by atoms with Gasteiger partial charge in [-0.25, -0.2) is 14.1 Å². The Labute approximate surface area is 112 Å². The molecular weight excluding hydrogens is 268 g/mol. The average molecular weight is 275 g/mol. The molecule has 0 amide bonds. The van der Waals surface area contributed by atoms with Crippen LogP contribution in [0.3, 0.4) is 0 Å². The van der Waals surface area contributed by atoms with E-state index in [9.17, 15) is 10.1 Å². The van der Waals surface area contributed by atoms with Gasteiger partial charge in [0.2, 0.25) is 0 Å². The van der Waals surface area contributed by atoms with Crippen LogP contribution in [0, 0.1) is 10.1 Å².